The number of methoxy groups -OCH3 is 1. The molecule has 0 aliphatic heterocycles. The summed E-state index contributed by atoms with van der Waals surface area (Å²) in [5.74, 6) is -1.16. The lowest BCUT2D eigenvalue weighted by Gasteiger charge is -2.14. The van der Waals surface area contributed by atoms with Crippen molar-refractivity contribution in [3.63, 3.8) is 0 Å². The Kier molecular flexibility index (Phi) is 7.51. The molecule has 0 atom stereocenters. The predicted octanol–water partition coefficient (Wildman–Crippen LogP) is 6.48. The van der Waals surface area contributed by atoms with Crippen LogP contribution in [0.15, 0.2) is 76.1 Å². The van der Waals surface area contributed by atoms with Crippen LogP contribution >= 0.6 is 27.5 Å². The minimum atomic E-state index is -4.33. The molecule has 9 heteroatoms. The Balaban J connectivity index is 0.00000149. The molecule has 0 saturated carbocycles. The highest BCUT2D eigenvalue weighted by atomic mass is 79.9. The topological polar surface area (TPSA) is 85.6 Å². The average molecular weight is 551 g/mol. The molecule has 4 aromatic rings. The van der Waals surface area contributed by atoms with Crippen LogP contribution in [0.3, 0.4) is 0 Å². The van der Waals surface area contributed by atoms with Gasteiger partial charge in [0, 0.05) is 9.86 Å². The van der Waals surface area contributed by atoms with Crippen molar-refractivity contribution >= 4 is 54.4 Å². The number of esters is 1. The quantitative estimate of drug-likeness (QED) is 0.294. The zero-order chi connectivity index (χ0) is 24.3. The van der Waals surface area contributed by atoms with Gasteiger partial charge in [0.15, 0.2) is 5.75 Å². The van der Waals surface area contributed by atoms with E-state index in [1.807, 2.05) is 19.9 Å². The zero-order valence-corrected chi connectivity index (χ0v) is 21.2. The molecule has 0 bridgehead atoms. The van der Waals surface area contributed by atoms with Crippen LogP contribution in [0, 0.1) is 0 Å². The lowest BCUT2D eigenvalue weighted by molar-refractivity contribution is 0.0601. The van der Waals surface area contributed by atoms with Gasteiger partial charge in [-0.15, -0.1) is 0 Å². The Morgan fingerprint density at radius 2 is 1.70 bits per heavy atom. The minimum absolute atomic E-state index is 0.110. The molecule has 0 spiro atoms. The summed E-state index contributed by atoms with van der Waals surface area (Å²) in [5.41, 5.74) is 1.47. The third-order valence-corrected chi connectivity index (χ3v) is 7.25. The average Bonchev–Trinajstić information content (AvgIpc) is 3.22. The van der Waals surface area contributed by atoms with E-state index in [1.165, 1.54) is 25.3 Å². The van der Waals surface area contributed by atoms with Gasteiger partial charge >= 0.3 is 5.97 Å². The van der Waals surface area contributed by atoms with Crippen molar-refractivity contribution in [2.24, 2.45) is 0 Å². The maximum absolute atomic E-state index is 13.8. The van der Waals surface area contributed by atoms with E-state index in [0.29, 0.717) is 21.1 Å². The van der Waals surface area contributed by atoms with Gasteiger partial charge in [0.05, 0.1) is 28.9 Å². The monoisotopic (exact) mass is 549 g/mol. The Hall–Kier alpha value is -2.81. The Morgan fingerprint density at radius 1 is 1.03 bits per heavy atom. The number of carbonyl (C=O) groups excluding carboxylic acids is 1. The van der Waals surface area contributed by atoms with Gasteiger partial charge in [-0.1, -0.05) is 77.8 Å². The van der Waals surface area contributed by atoms with E-state index in [-0.39, 0.29) is 21.0 Å². The highest BCUT2D eigenvalue weighted by molar-refractivity contribution is 9.10. The summed E-state index contributed by atoms with van der Waals surface area (Å²) in [7, 11) is -3.08. The van der Waals surface area contributed by atoms with Crippen LogP contribution in [0.5, 0.6) is 5.75 Å². The number of carbonyl (C=O) groups is 1. The number of phenolic OH excluding ortho intramolecular Hbond substituents is 1. The van der Waals surface area contributed by atoms with Crippen molar-refractivity contribution in [2.75, 3.05) is 7.11 Å². The lowest BCUT2D eigenvalue weighted by atomic mass is 10.1. The van der Waals surface area contributed by atoms with Crippen LogP contribution in [-0.4, -0.2) is 30.6 Å². The molecular formula is C24H21BrClNO5S. The number of benzene rings is 3. The highest BCUT2D eigenvalue weighted by Crippen LogP contribution is 2.39. The van der Waals surface area contributed by atoms with Gasteiger partial charge in [0.1, 0.15) is 4.90 Å². The predicted molar refractivity (Wildman–Crippen MR) is 133 cm³/mol. The Bertz CT molecular complexity index is 1430. The van der Waals surface area contributed by atoms with Crippen LogP contribution < -0.4 is 0 Å². The Labute approximate surface area is 205 Å². The van der Waals surface area contributed by atoms with Gasteiger partial charge in [0.25, 0.3) is 10.0 Å². The van der Waals surface area contributed by atoms with Crippen LogP contribution in [0.2, 0.25) is 5.02 Å². The SMILES string of the molecule is CC.COC(=O)c1ccc2cc(-c3ccccc3)n(S(=O)(=O)c3cc(Br)cc(Cl)c3O)c2c1. The van der Waals surface area contributed by atoms with E-state index in [1.54, 1.807) is 42.5 Å². The second-order valence-electron chi connectivity index (χ2n) is 6.66. The molecule has 0 radical (unpaired) electrons. The first kappa shape index (κ1) is 24.8. The summed E-state index contributed by atoms with van der Waals surface area (Å²) < 4.78 is 33.8. The van der Waals surface area contributed by atoms with Gasteiger partial charge in [-0.05, 0) is 35.9 Å². The Morgan fingerprint density at radius 3 is 2.33 bits per heavy atom. The van der Waals surface area contributed by atoms with Crippen molar-refractivity contribution in [3.8, 4) is 17.0 Å². The molecule has 1 aromatic heterocycles. The zero-order valence-electron chi connectivity index (χ0n) is 18.0. The molecule has 0 fully saturated rings. The van der Waals surface area contributed by atoms with Crippen LogP contribution in [0.25, 0.3) is 22.2 Å². The number of aromatic nitrogens is 1. The molecule has 0 aliphatic carbocycles. The van der Waals surface area contributed by atoms with Gasteiger partial charge in [0.2, 0.25) is 0 Å². The van der Waals surface area contributed by atoms with Crippen molar-refractivity contribution in [1.29, 1.82) is 0 Å². The number of phenols is 1. The second kappa shape index (κ2) is 9.99. The molecule has 0 aliphatic rings. The van der Waals surface area contributed by atoms with Crippen LogP contribution in [0.1, 0.15) is 24.2 Å². The van der Waals surface area contributed by atoms with Crippen LogP contribution in [0.4, 0.5) is 0 Å². The van der Waals surface area contributed by atoms with E-state index in [2.05, 4.69) is 15.9 Å². The number of hydrogen-bond donors (Lipinski definition) is 1. The fourth-order valence-electron chi connectivity index (χ4n) is 3.33. The van der Waals surface area contributed by atoms with Crippen molar-refractivity contribution < 1.29 is 23.1 Å². The molecule has 1 heterocycles. The van der Waals surface area contributed by atoms with E-state index < -0.39 is 21.7 Å². The van der Waals surface area contributed by atoms with E-state index >= 15 is 0 Å². The van der Waals surface area contributed by atoms with Gasteiger partial charge in [-0.3, -0.25) is 0 Å². The van der Waals surface area contributed by atoms with E-state index in [0.717, 1.165) is 3.97 Å². The van der Waals surface area contributed by atoms with Crippen LogP contribution in [-0.2, 0) is 14.8 Å². The molecule has 0 unspecified atom stereocenters. The van der Waals surface area contributed by atoms with E-state index in [9.17, 15) is 18.3 Å². The number of halogens is 2. The fourth-order valence-corrected chi connectivity index (χ4v) is 6.01. The molecule has 3 aromatic carbocycles. The number of ether oxygens (including phenoxy) is 1. The first-order valence-electron chi connectivity index (χ1n) is 9.97. The summed E-state index contributed by atoms with van der Waals surface area (Å²) in [6, 6.07) is 18.0. The highest BCUT2D eigenvalue weighted by Gasteiger charge is 2.28. The molecular weight excluding hydrogens is 530 g/mol. The first-order valence-corrected chi connectivity index (χ1v) is 12.6. The molecule has 0 amide bonds. The van der Waals surface area contributed by atoms with Crippen molar-refractivity contribution in [2.45, 2.75) is 18.7 Å². The van der Waals surface area contributed by atoms with Gasteiger partial charge in [-0.2, -0.15) is 0 Å². The fraction of sp³-hybridized carbons (Fsp3) is 0.125. The molecule has 33 heavy (non-hydrogen) atoms. The molecule has 172 valence electrons. The smallest absolute Gasteiger partial charge is 0.337 e. The minimum Gasteiger partial charge on any atom is -0.505 e. The van der Waals surface area contributed by atoms with Crippen molar-refractivity contribution in [1.82, 2.24) is 3.97 Å². The summed E-state index contributed by atoms with van der Waals surface area (Å²) in [6.07, 6.45) is 0. The second-order valence-corrected chi connectivity index (χ2v) is 9.74. The number of hydrogen-bond acceptors (Lipinski definition) is 5. The normalized spacial score (nSPS) is 11.1. The summed E-state index contributed by atoms with van der Waals surface area (Å²) >= 11 is 9.26. The number of aromatic hydroxyl groups is 1. The number of rotatable bonds is 4. The molecule has 0 saturated heterocycles. The summed E-state index contributed by atoms with van der Waals surface area (Å²) in [4.78, 5) is 11.7. The number of fused-ring (bicyclic) bond motifs is 1. The summed E-state index contributed by atoms with van der Waals surface area (Å²) in [5, 5.41) is 10.9. The lowest BCUT2D eigenvalue weighted by Crippen LogP contribution is -2.15. The maximum atomic E-state index is 13.8. The van der Waals surface area contributed by atoms with E-state index in [4.69, 9.17) is 16.3 Å². The maximum Gasteiger partial charge on any atom is 0.337 e. The number of nitrogens with zero attached hydrogens (tertiary/aromatic N) is 1. The third kappa shape index (κ3) is 4.64. The molecule has 6 nitrogen and oxygen atoms in total. The van der Waals surface area contributed by atoms with Gasteiger partial charge in [-0.25, -0.2) is 17.2 Å². The van der Waals surface area contributed by atoms with Gasteiger partial charge < -0.3 is 9.84 Å². The first-order chi connectivity index (χ1) is 15.7. The molecule has 4 rings (SSSR count). The summed E-state index contributed by atoms with van der Waals surface area (Å²) in [6.45, 7) is 4.00. The molecule has 1 N–H and O–H groups in total. The largest absolute Gasteiger partial charge is 0.505 e. The standard InChI is InChI=1S/C22H15BrClNO5S.C2H6/c1-30-22(27)15-8-7-14-9-18(13-5-3-2-4-6-13)25(19(14)10-15)31(28,29)20-12-16(23)11-17(24)21(20)26;1-2/h2-12,26H,1H3;1-2H3. The van der Waals surface area contributed by atoms with Crippen molar-refractivity contribution in [3.05, 3.63) is 81.8 Å². The third-order valence-electron chi connectivity index (χ3n) is 4.76.